The van der Waals surface area contributed by atoms with Crippen LogP contribution in [0.5, 0.6) is 0 Å². The molecule has 0 saturated heterocycles. The lowest BCUT2D eigenvalue weighted by atomic mass is 9.78. The Kier molecular flexibility index (Phi) is 4.11. The first-order valence-electron chi connectivity index (χ1n) is 5.43. The molecule has 0 aromatic heterocycles. The number of ketones is 1. The summed E-state index contributed by atoms with van der Waals surface area (Å²) < 4.78 is 0. The molecule has 1 amide bonds. The van der Waals surface area contributed by atoms with Gasteiger partial charge in [0.2, 0.25) is 5.91 Å². The Morgan fingerprint density at radius 2 is 1.93 bits per heavy atom. The zero-order valence-electron chi connectivity index (χ0n) is 9.01. The largest absolute Gasteiger partial charge is 0.359 e. The van der Waals surface area contributed by atoms with Gasteiger partial charge in [-0.1, -0.05) is 13.3 Å². The van der Waals surface area contributed by atoms with Crippen LogP contribution in [0.15, 0.2) is 0 Å². The fraction of sp³-hybridized carbons (Fsp3) is 0.818. The van der Waals surface area contributed by atoms with E-state index in [1.54, 1.807) is 7.05 Å². The van der Waals surface area contributed by atoms with Crippen molar-refractivity contribution < 1.29 is 9.59 Å². The number of rotatable bonds is 3. The Morgan fingerprint density at radius 1 is 1.29 bits per heavy atom. The number of nitrogens with one attached hydrogen (secondary N) is 1. The Balaban J connectivity index is 2.51. The van der Waals surface area contributed by atoms with E-state index in [4.69, 9.17) is 0 Å². The average Bonchev–Trinajstić information content (AvgIpc) is 2.27. The summed E-state index contributed by atoms with van der Waals surface area (Å²) in [5.41, 5.74) is 0. The molecule has 3 heteroatoms. The van der Waals surface area contributed by atoms with Gasteiger partial charge in [-0.3, -0.25) is 9.59 Å². The number of Topliss-reactive ketones (excluding diaryl/α,β-unsaturated/α-hetero) is 1. The van der Waals surface area contributed by atoms with Gasteiger partial charge in [-0.2, -0.15) is 0 Å². The van der Waals surface area contributed by atoms with Crippen molar-refractivity contribution in [2.24, 2.45) is 11.8 Å². The predicted molar refractivity (Wildman–Crippen MR) is 54.8 cm³/mol. The summed E-state index contributed by atoms with van der Waals surface area (Å²) >= 11 is 0. The summed E-state index contributed by atoms with van der Waals surface area (Å²) in [4.78, 5) is 22.9. The highest BCUT2D eigenvalue weighted by molar-refractivity contribution is 5.83. The molecule has 2 atom stereocenters. The lowest BCUT2D eigenvalue weighted by Gasteiger charge is -2.26. The molecule has 3 nitrogen and oxygen atoms in total. The maximum absolute atomic E-state index is 11.5. The number of hydrogen-bond donors (Lipinski definition) is 1. The van der Waals surface area contributed by atoms with Crippen LogP contribution < -0.4 is 5.32 Å². The van der Waals surface area contributed by atoms with E-state index in [2.05, 4.69) is 5.32 Å². The smallest absolute Gasteiger partial charge is 0.222 e. The molecule has 1 saturated carbocycles. The van der Waals surface area contributed by atoms with E-state index in [9.17, 15) is 9.59 Å². The minimum absolute atomic E-state index is 0.0641. The molecule has 0 aliphatic heterocycles. The van der Waals surface area contributed by atoms with Crippen LogP contribution in [-0.4, -0.2) is 18.7 Å². The second-order valence-electron chi connectivity index (χ2n) is 3.99. The van der Waals surface area contributed by atoms with Crippen molar-refractivity contribution in [3.8, 4) is 0 Å². The van der Waals surface area contributed by atoms with Crippen molar-refractivity contribution in [3.05, 3.63) is 0 Å². The summed E-state index contributed by atoms with van der Waals surface area (Å²) in [6, 6.07) is 0. The van der Waals surface area contributed by atoms with Crippen LogP contribution in [0, 0.1) is 11.8 Å². The van der Waals surface area contributed by atoms with Gasteiger partial charge in [-0.05, 0) is 19.3 Å². The molecule has 1 aliphatic carbocycles. The van der Waals surface area contributed by atoms with Gasteiger partial charge in [0.05, 0.1) is 0 Å². The summed E-state index contributed by atoms with van der Waals surface area (Å²) in [5, 5.41) is 2.66. The highest BCUT2D eigenvalue weighted by atomic mass is 16.2. The molecular weight excluding hydrogens is 178 g/mol. The van der Waals surface area contributed by atoms with E-state index in [-0.39, 0.29) is 17.7 Å². The molecule has 0 spiro atoms. The third-order valence-corrected chi connectivity index (χ3v) is 3.10. The Morgan fingerprint density at radius 3 is 2.50 bits per heavy atom. The van der Waals surface area contributed by atoms with Gasteiger partial charge in [0.1, 0.15) is 5.78 Å². The van der Waals surface area contributed by atoms with Crippen LogP contribution in [0.3, 0.4) is 0 Å². The topological polar surface area (TPSA) is 46.2 Å². The normalized spacial score (nSPS) is 27.0. The molecule has 2 unspecified atom stereocenters. The second-order valence-corrected chi connectivity index (χ2v) is 3.99. The zero-order valence-corrected chi connectivity index (χ0v) is 9.01. The standard InChI is InChI=1S/C11H19NO2/c1-3-10(13)8-5-4-6-9(7-8)11(14)12-2/h8-9H,3-7H2,1-2H3,(H,12,14). The maximum atomic E-state index is 11.5. The van der Waals surface area contributed by atoms with Crippen molar-refractivity contribution in [2.75, 3.05) is 7.05 Å². The van der Waals surface area contributed by atoms with Crippen molar-refractivity contribution in [1.82, 2.24) is 5.32 Å². The summed E-state index contributed by atoms with van der Waals surface area (Å²) in [6.45, 7) is 1.89. The van der Waals surface area contributed by atoms with Crippen LogP contribution in [0.25, 0.3) is 0 Å². The molecule has 0 aromatic rings. The number of hydrogen-bond acceptors (Lipinski definition) is 2. The monoisotopic (exact) mass is 197 g/mol. The van der Waals surface area contributed by atoms with Gasteiger partial charge in [-0.15, -0.1) is 0 Å². The second kappa shape index (κ2) is 5.13. The van der Waals surface area contributed by atoms with E-state index >= 15 is 0 Å². The number of amides is 1. The molecule has 1 N–H and O–H groups in total. The van der Waals surface area contributed by atoms with Crippen LogP contribution >= 0.6 is 0 Å². The van der Waals surface area contributed by atoms with Gasteiger partial charge in [0.25, 0.3) is 0 Å². The summed E-state index contributed by atoms with van der Waals surface area (Å²) in [6.07, 6.45) is 4.28. The molecule has 0 bridgehead atoms. The molecule has 1 aliphatic rings. The third-order valence-electron chi connectivity index (χ3n) is 3.10. The molecule has 0 radical (unpaired) electrons. The molecule has 80 valence electrons. The number of carbonyl (C=O) groups is 2. The lowest BCUT2D eigenvalue weighted by Crippen LogP contribution is -2.33. The molecule has 1 rings (SSSR count). The highest BCUT2D eigenvalue weighted by Gasteiger charge is 2.29. The predicted octanol–water partition coefficient (Wildman–Crippen LogP) is 1.52. The van der Waals surface area contributed by atoms with Crippen molar-refractivity contribution in [3.63, 3.8) is 0 Å². The molecular formula is C11H19NO2. The van der Waals surface area contributed by atoms with Crippen LogP contribution in [0.2, 0.25) is 0 Å². The first-order valence-corrected chi connectivity index (χ1v) is 5.43. The first-order chi connectivity index (χ1) is 6.69. The van der Waals surface area contributed by atoms with Crippen LogP contribution in [0.1, 0.15) is 39.0 Å². The van der Waals surface area contributed by atoms with Gasteiger partial charge in [0.15, 0.2) is 0 Å². The van der Waals surface area contributed by atoms with Crippen molar-refractivity contribution in [1.29, 1.82) is 0 Å². The molecule has 14 heavy (non-hydrogen) atoms. The quantitative estimate of drug-likeness (QED) is 0.745. The van der Waals surface area contributed by atoms with Gasteiger partial charge < -0.3 is 5.32 Å². The highest BCUT2D eigenvalue weighted by Crippen LogP contribution is 2.30. The van der Waals surface area contributed by atoms with E-state index in [1.165, 1.54) is 0 Å². The third kappa shape index (κ3) is 2.56. The minimum Gasteiger partial charge on any atom is -0.359 e. The SMILES string of the molecule is CCC(=O)C1CCCC(C(=O)NC)C1. The Hall–Kier alpha value is -0.860. The zero-order chi connectivity index (χ0) is 10.6. The Bertz CT molecular complexity index is 203. The molecule has 1 fully saturated rings. The molecule has 0 heterocycles. The fourth-order valence-electron chi connectivity index (χ4n) is 2.21. The van der Waals surface area contributed by atoms with E-state index in [1.807, 2.05) is 6.92 Å². The van der Waals surface area contributed by atoms with Gasteiger partial charge >= 0.3 is 0 Å². The van der Waals surface area contributed by atoms with Crippen molar-refractivity contribution in [2.45, 2.75) is 39.0 Å². The van der Waals surface area contributed by atoms with Crippen LogP contribution in [0.4, 0.5) is 0 Å². The number of carbonyl (C=O) groups excluding carboxylic acids is 2. The maximum Gasteiger partial charge on any atom is 0.222 e. The molecule has 0 aromatic carbocycles. The van der Waals surface area contributed by atoms with E-state index in [0.29, 0.717) is 12.2 Å². The summed E-state index contributed by atoms with van der Waals surface area (Å²) in [7, 11) is 1.66. The van der Waals surface area contributed by atoms with Gasteiger partial charge in [0, 0.05) is 25.3 Å². The van der Waals surface area contributed by atoms with Crippen LogP contribution in [-0.2, 0) is 9.59 Å². The minimum atomic E-state index is 0.0641. The average molecular weight is 197 g/mol. The summed E-state index contributed by atoms with van der Waals surface area (Å²) in [5.74, 6) is 0.613. The fourth-order valence-corrected chi connectivity index (χ4v) is 2.21. The van der Waals surface area contributed by atoms with E-state index < -0.39 is 0 Å². The van der Waals surface area contributed by atoms with E-state index in [0.717, 1.165) is 25.7 Å². The Labute approximate surface area is 85.3 Å². The van der Waals surface area contributed by atoms with Crippen molar-refractivity contribution >= 4 is 11.7 Å². The lowest BCUT2D eigenvalue weighted by molar-refractivity contribution is -0.128. The van der Waals surface area contributed by atoms with Gasteiger partial charge in [-0.25, -0.2) is 0 Å². The first kappa shape index (κ1) is 11.2.